The molecule has 0 aliphatic carbocycles. The van der Waals surface area contributed by atoms with Gasteiger partial charge in [0.1, 0.15) is 12.4 Å². The Morgan fingerprint density at radius 3 is 2.04 bits per heavy atom. The number of aryl methyl sites for hydroxylation is 1. The van der Waals surface area contributed by atoms with Crippen molar-refractivity contribution in [1.29, 1.82) is 0 Å². The number of benzene rings is 2. The molecule has 0 aliphatic heterocycles. The normalized spacial score (nSPS) is 11.1. The molecule has 1 heterocycles. The summed E-state index contributed by atoms with van der Waals surface area (Å²) in [5.41, 5.74) is 3.72. The van der Waals surface area contributed by atoms with Crippen LogP contribution < -0.4 is 4.74 Å². The molecule has 0 atom stereocenters. The van der Waals surface area contributed by atoms with Crippen molar-refractivity contribution in [3.63, 3.8) is 0 Å². The van der Waals surface area contributed by atoms with Crippen LogP contribution >= 0.6 is 11.3 Å². The van der Waals surface area contributed by atoms with Gasteiger partial charge in [0.25, 0.3) is 0 Å². The molecule has 1 nitrogen and oxygen atoms in total. The highest BCUT2D eigenvalue weighted by atomic mass is 32.1. The van der Waals surface area contributed by atoms with E-state index in [1.54, 1.807) is 0 Å². The van der Waals surface area contributed by atoms with E-state index >= 15 is 0 Å². The molecule has 2 heteroatoms. The summed E-state index contributed by atoms with van der Waals surface area (Å²) >= 11 is 1.88. The van der Waals surface area contributed by atoms with Gasteiger partial charge in [-0.1, -0.05) is 55.5 Å². The molecule has 2 aromatic carbocycles. The van der Waals surface area contributed by atoms with Gasteiger partial charge < -0.3 is 4.74 Å². The molecule has 0 radical (unpaired) electrons. The summed E-state index contributed by atoms with van der Waals surface area (Å²) in [4.78, 5) is 2.77. The smallest absolute Gasteiger partial charge is 0.119 e. The van der Waals surface area contributed by atoms with Gasteiger partial charge >= 0.3 is 0 Å². The minimum atomic E-state index is 0.616. The first kappa shape index (κ1) is 16.5. The molecule has 0 fully saturated rings. The Balaban J connectivity index is 1.73. The largest absolute Gasteiger partial charge is 0.490 e. The average molecular weight is 334 g/mol. The van der Waals surface area contributed by atoms with Crippen molar-refractivity contribution >= 4 is 11.3 Å². The second-order valence-electron chi connectivity index (χ2n) is 5.60. The molecule has 0 aliphatic rings. The minimum Gasteiger partial charge on any atom is -0.490 e. The van der Waals surface area contributed by atoms with E-state index in [-0.39, 0.29) is 0 Å². The van der Waals surface area contributed by atoms with Crippen LogP contribution in [0.1, 0.15) is 18.7 Å². The Kier molecular flexibility index (Phi) is 5.50. The molecule has 0 N–H and O–H groups in total. The monoisotopic (exact) mass is 334 g/mol. The van der Waals surface area contributed by atoms with E-state index in [0.29, 0.717) is 6.61 Å². The zero-order valence-corrected chi connectivity index (χ0v) is 15.0. The highest BCUT2D eigenvalue weighted by Gasteiger charge is 2.03. The third kappa shape index (κ3) is 3.95. The van der Waals surface area contributed by atoms with E-state index in [1.807, 2.05) is 42.5 Å². The first-order chi connectivity index (χ1) is 11.8. The average Bonchev–Trinajstić information content (AvgIpc) is 3.12. The van der Waals surface area contributed by atoms with Crippen LogP contribution in [0, 0.1) is 0 Å². The Bertz CT molecular complexity index is 795. The van der Waals surface area contributed by atoms with E-state index in [0.717, 1.165) is 12.2 Å². The molecular formula is C22H22OS. The number of allylic oxidation sites excluding steroid dienone is 1. The zero-order chi connectivity index (χ0) is 16.8. The Morgan fingerprint density at radius 1 is 0.833 bits per heavy atom. The predicted octanol–water partition coefficient (Wildman–Crippen LogP) is 6.60. The van der Waals surface area contributed by atoms with Gasteiger partial charge in [0, 0.05) is 9.75 Å². The molecule has 24 heavy (non-hydrogen) atoms. The lowest BCUT2D eigenvalue weighted by atomic mass is 10.0. The van der Waals surface area contributed by atoms with Crippen LogP contribution in [0.3, 0.4) is 0 Å². The third-order valence-electron chi connectivity index (χ3n) is 3.95. The molecule has 0 saturated carbocycles. The van der Waals surface area contributed by atoms with Crippen LogP contribution in [0.2, 0.25) is 0 Å². The number of hydrogen-bond donors (Lipinski definition) is 0. The predicted molar refractivity (Wildman–Crippen MR) is 105 cm³/mol. The quantitative estimate of drug-likeness (QED) is 0.461. The standard InChI is InChI=1S/C22H22OS/c1-3-5-16-23-20-12-10-18(11-13-20)17-6-8-19(9-7-17)22-15-14-21(4-2)24-22/h3,5-15H,4,16H2,1-2H3/b5-3+. The molecule has 0 spiro atoms. The maximum Gasteiger partial charge on any atom is 0.119 e. The van der Waals surface area contributed by atoms with Crippen LogP contribution in [-0.4, -0.2) is 6.61 Å². The van der Waals surface area contributed by atoms with E-state index in [9.17, 15) is 0 Å². The molecule has 0 amide bonds. The number of thiophene rings is 1. The van der Waals surface area contributed by atoms with E-state index in [2.05, 4.69) is 55.5 Å². The Morgan fingerprint density at radius 2 is 1.46 bits per heavy atom. The topological polar surface area (TPSA) is 9.23 Å². The Hall–Kier alpha value is -2.32. The molecular weight excluding hydrogens is 312 g/mol. The Labute approximate surface area is 148 Å². The van der Waals surface area contributed by atoms with Crippen molar-refractivity contribution in [2.45, 2.75) is 20.3 Å². The lowest BCUT2D eigenvalue weighted by Gasteiger charge is -2.06. The molecule has 0 bridgehead atoms. The molecule has 3 aromatic rings. The van der Waals surface area contributed by atoms with Gasteiger partial charge in [-0.25, -0.2) is 0 Å². The van der Waals surface area contributed by atoms with Crippen molar-refractivity contribution in [2.75, 3.05) is 6.61 Å². The van der Waals surface area contributed by atoms with Crippen LogP contribution in [0.5, 0.6) is 5.75 Å². The maximum atomic E-state index is 5.64. The number of rotatable bonds is 6. The maximum absolute atomic E-state index is 5.64. The van der Waals surface area contributed by atoms with Gasteiger partial charge in [-0.2, -0.15) is 0 Å². The van der Waals surface area contributed by atoms with Gasteiger partial charge in [0.2, 0.25) is 0 Å². The second kappa shape index (κ2) is 7.98. The van der Waals surface area contributed by atoms with Crippen molar-refractivity contribution in [3.8, 4) is 27.3 Å². The van der Waals surface area contributed by atoms with Crippen molar-refractivity contribution in [3.05, 3.63) is 77.7 Å². The SMILES string of the molecule is C/C=C/COc1ccc(-c2ccc(-c3ccc(CC)s3)cc2)cc1. The van der Waals surface area contributed by atoms with Gasteiger partial charge in [0.05, 0.1) is 0 Å². The van der Waals surface area contributed by atoms with Gasteiger partial charge in [-0.3, -0.25) is 0 Å². The molecule has 122 valence electrons. The summed E-state index contributed by atoms with van der Waals surface area (Å²) in [6, 6.07) is 21.5. The molecule has 0 unspecified atom stereocenters. The fourth-order valence-electron chi connectivity index (χ4n) is 2.53. The second-order valence-corrected chi connectivity index (χ2v) is 6.77. The highest BCUT2D eigenvalue weighted by molar-refractivity contribution is 7.15. The fraction of sp³-hybridized carbons (Fsp3) is 0.182. The minimum absolute atomic E-state index is 0.616. The van der Waals surface area contributed by atoms with Crippen molar-refractivity contribution < 1.29 is 4.74 Å². The van der Waals surface area contributed by atoms with Gasteiger partial charge in [-0.15, -0.1) is 11.3 Å². The summed E-state index contributed by atoms with van der Waals surface area (Å²) in [6.07, 6.45) is 5.10. The number of ether oxygens (including phenoxy) is 1. The van der Waals surface area contributed by atoms with Gasteiger partial charge in [-0.05, 0) is 54.3 Å². The summed E-state index contributed by atoms with van der Waals surface area (Å²) in [5.74, 6) is 0.902. The summed E-state index contributed by atoms with van der Waals surface area (Å²) < 4.78 is 5.64. The van der Waals surface area contributed by atoms with Crippen LogP contribution in [0.4, 0.5) is 0 Å². The summed E-state index contributed by atoms with van der Waals surface area (Å²) in [6.45, 7) is 4.81. The van der Waals surface area contributed by atoms with Crippen LogP contribution in [0.15, 0.2) is 72.8 Å². The third-order valence-corrected chi connectivity index (χ3v) is 5.23. The zero-order valence-electron chi connectivity index (χ0n) is 14.2. The van der Waals surface area contributed by atoms with Crippen LogP contribution in [-0.2, 0) is 6.42 Å². The lowest BCUT2D eigenvalue weighted by molar-refractivity contribution is 0.363. The molecule has 3 rings (SSSR count). The molecule has 0 saturated heterocycles. The van der Waals surface area contributed by atoms with E-state index in [1.165, 1.54) is 26.4 Å². The summed E-state index contributed by atoms with van der Waals surface area (Å²) in [7, 11) is 0. The first-order valence-electron chi connectivity index (χ1n) is 8.33. The highest BCUT2D eigenvalue weighted by Crippen LogP contribution is 2.30. The van der Waals surface area contributed by atoms with Gasteiger partial charge in [0.15, 0.2) is 0 Å². The fourth-order valence-corrected chi connectivity index (χ4v) is 3.49. The van der Waals surface area contributed by atoms with Crippen LogP contribution in [0.25, 0.3) is 21.6 Å². The lowest BCUT2D eigenvalue weighted by Crippen LogP contribution is -1.92. The number of hydrogen-bond acceptors (Lipinski definition) is 2. The van der Waals surface area contributed by atoms with Crippen molar-refractivity contribution in [1.82, 2.24) is 0 Å². The van der Waals surface area contributed by atoms with Crippen molar-refractivity contribution in [2.24, 2.45) is 0 Å². The molecule has 1 aromatic heterocycles. The summed E-state index contributed by atoms with van der Waals surface area (Å²) in [5, 5.41) is 0. The first-order valence-corrected chi connectivity index (χ1v) is 9.15. The van der Waals surface area contributed by atoms with E-state index < -0.39 is 0 Å². The van der Waals surface area contributed by atoms with E-state index in [4.69, 9.17) is 4.74 Å².